The summed E-state index contributed by atoms with van der Waals surface area (Å²) in [6.07, 6.45) is -10.3. The highest BCUT2D eigenvalue weighted by Crippen LogP contribution is 2.49. The number of aliphatic hydroxyl groups is 1. The first-order chi connectivity index (χ1) is 18.1. The number of nitrogens with zero attached hydrogens (tertiary/aromatic N) is 4. The molecule has 20 heteroatoms. The highest BCUT2D eigenvalue weighted by Gasteiger charge is 2.71. The number of anilines is 2. The molecule has 12 nitrogen and oxygen atoms in total. The Bertz CT molecular complexity index is 1340. The van der Waals surface area contributed by atoms with Gasteiger partial charge in [-0.15, -0.1) is 0 Å². The minimum absolute atomic E-state index is 0.00433. The number of rotatable bonds is 12. The number of alkyl halides is 6. The maximum Gasteiger partial charge on any atom is 0.430 e. The number of halogens is 6. The van der Waals surface area contributed by atoms with Crippen LogP contribution in [0.5, 0.6) is 0 Å². The molecular weight excluding hydrogens is 596 g/mol. The summed E-state index contributed by atoms with van der Waals surface area (Å²) in [7, 11) is -8.07. The van der Waals surface area contributed by atoms with Gasteiger partial charge in [-0.1, -0.05) is 13.8 Å². The van der Waals surface area contributed by atoms with E-state index in [1.807, 2.05) is 0 Å². The smallest absolute Gasteiger partial charge is 0.384 e. The predicted octanol–water partition coefficient (Wildman–Crippen LogP) is 1.44. The number of hydrogen-bond donors (Lipinski definition) is 4. The Balaban J connectivity index is 2.40. The van der Waals surface area contributed by atoms with E-state index in [2.05, 4.69) is 25.0 Å². The summed E-state index contributed by atoms with van der Waals surface area (Å²) in [5, 5.41) is 12.0. The molecule has 0 fully saturated rings. The van der Waals surface area contributed by atoms with Crippen molar-refractivity contribution in [3.8, 4) is 0 Å². The van der Waals surface area contributed by atoms with Crippen molar-refractivity contribution in [1.29, 1.82) is 0 Å². The van der Waals surface area contributed by atoms with E-state index in [0.717, 1.165) is 22.8 Å². The second kappa shape index (κ2) is 12.0. The largest absolute Gasteiger partial charge is 0.430 e. The first-order valence-electron chi connectivity index (χ1n) is 11.2. The molecule has 0 amide bonds. The van der Waals surface area contributed by atoms with Crippen molar-refractivity contribution in [2.45, 2.75) is 42.7 Å². The Morgan fingerprint density at radius 2 is 1.50 bits per heavy atom. The van der Waals surface area contributed by atoms with Gasteiger partial charge in [0.1, 0.15) is 10.7 Å². The van der Waals surface area contributed by atoms with Crippen molar-refractivity contribution in [1.82, 2.24) is 24.0 Å². The summed E-state index contributed by atoms with van der Waals surface area (Å²) in [5.41, 5.74) is -1.53. The first-order valence-corrected chi connectivity index (χ1v) is 14.5. The highest BCUT2D eigenvalue weighted by atomic mass is 32.2. The van der Waals surface area contributed by atoms with Gasteiger partial charge in [-0.05, 0) is 18.1 Å². The van der Waals surface area contributed by atoms with Crippen LogP contribution in [-0.2, 0) is 25.6 Å². The molecule has 2 heterocycles. The average molecular weight is 624 g/mol. The van der Waals surface area contributed by atoms with Crippen LogP contribution < -0.4 is 15.8 Å². The third-order valence-electron chi connectivity index (χ3n) is 5.27. The summed E-state index contributed by atoms with van der Waals surface area (Å²) >= 11 is 0. The van der Waals surface area contributed by atoms with Gasteiger partial charge >= 0.3 is 12.4 Å². The predicted molar refractivity (Wildman–Crippen MR) is 131 cm³/mol. The van der Waals surface area contributed by atoms with Gasteiger partial charge in [0.25, 0.3) is 5.60 Å². The molecule has 0 spiro atoms. The van der Waals surface area contributed by atoms with E-state index in [4.69, 9.17) is 5.73 Å². The van der Waals surface area contributed by atoms with Gasteiger partial charge in [0.15, 0.2) is 0 Å². The Hall–Kier alpha value is -2.81. The third kappa shape index (κ3) is 8.12. The quantitative estimate of drug-likeness (QED) is 0.253. The van der Waals surface area contributed by atoms with Crippen molar-refractivity contribution in [2.75, 3.05) is 36.9 Å². The maximum atomic E-state index is 13.2. The molecule has 2 rings (SSSR count). The summed E-state index contributed by atoms with van der Waals surface area (Å²) in [4.78, 5) is 10.2. The van der Waals surface area contributed by atoms with Crippen molar-refractivity contribution >= 4 is 31.8 Å². The van der Waals surface area contributed by atoms with Crippen LogP contribution in [0.4, 0.5) is 38.1 Å². The van der Waals surface area contributed by atoms with E-state index in [9.17, 15) is 48.3 Å². The molecule has 0 unspecified atom stereocenters. The van der Waals surface area contributed by atoms with Crippen LogP contribution in [0, 0.1) is 5.92 Å². The topological polar surface area (TPSA) is 180 Å². The lowest BCUT2D eigenvalue weighted by Gasteiger charge is -2.32. The maximum absolute atomic E-state index is 13.2. The van der Waals surface area contributed by atoms with Crippen LogP contribution in [0.2, 0.25) is 0 Å². The van der Waals surface area contributed by atoms with Crippen molar-refractivity contribution in [2.24, 2.45) is 5.92 Å². The fourth-order valence-electron chi connectivity index (χ4n) is 3.26. The van der Waals surface area contributed by atoms with Gasteiger partial charge in [0, 0.05) is 43.8 Å². The molecule has 0 aromatic carbocycles. The third-order valence-corrected chi connectivity index (χ3v) is 7.92. The van der Waals surface area contributed by atoms with Gasteiger partial charge in [-0.3, -0.25) is 0 Å². The fourth-order valence-corrected chi connectivity index (χ4v) is 5.31. The highest BCUT2D eigenvalue weighted by molar-refractivity contribution is 7.89. The van der Waals surface area contributed by atoms with E-state index in [0.29, 0.717) is 0 Å². The zero-order chi connectivity index (χ0) is 30.7. The number of pyridine rings is 1. The molecule has 0 radical (unpaired) electrons. The monoisotopic (exact) mass is 623 g/mol. The Labute approximate surface area is 226 Å². The number of sulfonamides is 2. The van der Waals surface area contributed by atoms with E-state index >= 15 is 0 Å². The van der Waals surface area contributed by atoms with E-state index in [1.165, 1.54) is 6.07 Å². The molecule has 0 saturated heterocycles. The Morgan fingerprint density at radius 1 is 0.950 bits per heavy atom. The van der Waals surface area contributed by atoms with Gasteiger partial charge < -0.3 is 16.2 Å². The Kier molecular flexibility index (Phi) is 9.99. The SMILES string of the molecule is CC(C)CN(C[C@@H](CNS(=O)(=O)c1ccc(N)nc1)Nc1ncc(C(O)(C(F)(F)F)C(F)(F)F)cn1)S(C)(=O)=O. The molecule has 0 saturated carbocycles. The Morgan fingerprint density at radius 3 is 1.93 bits per heavy atom. The van der Waals surface area contributed by atoms with Gasteiger partial charge in [0.05, 0.1) is 12.3 Å². The molecule has 0 aliphatic carbocycles. The number of nitrogens with one attached hydrogen (secondary N) is 2. The van der Waals surface area contributed by atoms with Gasteiger partial charge in [-0.2, -0.15) is 30.6 Å². The van der Waals surface area contributed by atoms with Gasteiger partial charge in [-0.25, -0.2) is 36.5 Å². The molecule has 0 aliphatic rings. The molecule has 226 valence electrons. The van der Waals surface area contributed by atoms with Crippen molar-refractivity contribution in [3.63, 3.8) is 0 Å². The lowest BCUT2D eigenvalue weighted by molar-refractivity contribution is -0.376. The van der Waals surface area contributed by atoms with Crippen LogP contribution in [0.1, 0.15) is 19.4 Å². The fraction of sp³-hybridized carbons (Fsp3) is 0.550. The summed E-state index contributed by atoms with van der Waals surface area (Å²) in [6.45, 7) is 2.48. The van der Waals surface area contributed by atoms with Crippen LogP contribution in [-0.4, -0.2) is 85.5 Å². The normalized spacial score (nSPS) is 14.5. The molecule has 2 aromatic rings. The average Bonchev–Trinajstić information content (AvgIpc) is 2.80. The zero-order valence-electron chi connectivity index (χ0n) is 21.2. The second-order valence-corrected chi connectivity index (χ2v) is 12.8. The molecule has 0 aliphatic heterocycles. The van der Waals surface area contributed by atoms with E-state index < -0.39 is 68.6 Å². The van der Waals surface area contributed by atoms with Crippen LogP contribution >= 0.6 is 0 Å². The molecule has 0 bridgehead atoms. The minimum atomic E-state index is -6.16. The first kappa shape index (κ1) is 33.4. The van der Waals surface area contributed by atoms with Crippen molar-refractivity contribution in [3.05, 3.63) is 36.3 Å². The standard InChI is InChI=1S/C20H27F6N7O5S2/c1-12(2)10-33(39(3,35)36)11-14(8-31-40(37,38)15-4-5-16(27)28-9-15)32-17-29-6-13(7-30-17)18(34,19(21,22)23)20(24,25)26/h4-7,9,12,14,31,34H,8,10-11H2,1-3H3,(H2,27,28)(H,29,30,32)/t14-/m1/s1. The van der Waals surface area contributed by atoms with Gasteiger partial charge in [0.2, 0.25) is 26.0 Å². The molecule has 1 atom stereocenters. The van der Waals surface area contributed by atoms with Crippen LogP contribution in [0.15, 0.2) is 35.6 Å². The number of nitrogen functional groups attached to an aromatic ring is 1. The van der Waals surface area contributed by atoms with E-state index in [-0.39, 0.29) is 35.6 Å². The lowest BCUT2D eigenvalue weighted by atomic mass is 9.95. The number of nitrogens with two attached hydrogens (primary N) is 1. The van der Waals surface area contributed by atoms with Crippen molar-refractivity contribution < 1.29 is 48.3 Å². The number of hydrogen-bond acceptors (Lipinski definition) is 10. The zero-order valence-corrected chi connectivity index (χ0v) is 22.8. The summed E-state index contributed by atoms with van der Waals surface area (Å²) in [6, 6.07) is 1.19. The molecular formula is C20H27F6N7O5S2. The molecule has 5 N–H and O–H groups in total. The summed E-state index contributed by atoms with van der Waals surface area (Å²) < 4.78 is 132. The van der Waals surface area contributed by atoms with Crippen LogP contribution in [0.25, 0.3) is 0 Å². The van der Waals surface area contributed by atoms with Crippen LogP contribution in [0.3, 0.4) is 0 Å². The van der Waals surface area contributed by atoms with E-state index in [1.54, 1.807) is 13.8 Å². The summed E-state index contributed by atoms with van der Waals surface area (Å²) in [5.74, 6) is -0.711. The second-order valence-electron chi connectivity index (χ2n) is 9.09. The minimum Gasteiger partial charge on any atom is -0.384 e. The lowest BCUT2D eigenvalue weighted by Crippen LogP contribution is -2.54. The number of aromatic nitrogens is 3. The molecule has 2 aromatic heterocycles. The molecule has 40 heavy (non-hydrogen) atoms.